The van der Waals surface area contributed by atoms with Gasteiger partial charge in [-0.05, 0) is 48.0 Å². The first-order valence-corrected chi connectivity index (χ1v) is 10.3. The number of carbonyl (C=O) groups excluding carboxylic acids is 1. The lowest BCUT2D eigenvalue weighted by Crippen LogP contribution is -2.12. The molecule has 5 rings (SSSR count). The van der Waals surface area contributed by atoms with Crippen molar-refractivity contribution in [2.75, 3.05) is 6.79 Å². The predicted octanol–water partition coefficient (Wildman–Crippen LogP) is 5.31. The van der Waals surface area contributed by atoms with Crippen molar-refractivity contribution in [2.45, 2.75) is 13.2 Å². The summed E-state index contributed by atoms with van der Waals surface area (Å²) in [6.45, 7) is 0.702. The number of Topliss-reactive ketones (excluding diaryl/α,β-unsaturated/α-hetero) is 1. The zero-order valence-corrected chi connectivity index (χ0v) is 17.8. The van der Waals surface area contributed by atoms with E-state index in [0.29, 0.717) is 40.0 Å². The van der Waals surface area contributed by atoms with Crippen LogP contribution in [0.25, 0.3) is 6.08 Å². The van der Waals surface area contributed by atoms with E-state index >= 15 is 0 Å². The molecule has 0 aliphatic carbocycles. The maximum absolute atomic E-state index is 12.8. The summed E-state index contributed by atoms with van der Waals surface area (Å²) < 4.78 is 22.5. The van der Waals surface area contributed by atoms with Crippen molar-refractivity contribution in [3.8, 4) is 17.2 Å². The summed E-state index contributed by atoms with van der Waals surface area (Å²) in [6, 6.07) is 14.5. The molecule has 0 saturated carbocycles. The van der Waals surface area contributed by atoms with Gasteiger partial charge in [0, 0.05) is 34.3 Å². The fourth-order valence-corrected chi connectivity index (χ4v) is 3.84. The van der Waals surface area contributed by atoms with E-state index in [1.807, 2.05) is 0 Å². The maximum atomic E-state index is 12.8. The van der Waals surface area contributed by atoms with Crippen LogP contribution in [0.1, 0.15) is 27.0 Å². The highest BCUT2D eigenvalue weighted by Gasteiger charge is 2.28. The van der Waals surface area contributed by atoms with Crippen LogP contribution in [0.4, 0.5) is 5.69 Å². The number of nitrogens with zero attached hydrogens (tertiary/aromatic N) is 1. The summed E-state index contributed by atoms with van der Waals surface area (Å²) in [5, 5.41) is 11.3. The molecule has 2 heterocycles. The van der Waals surface area contributed by atoms with E-state index in [-0.39, 0.29) is 30.6 Å². The number of non-ortho nitro benzene ring substituents is 1. The number of allylic oxidation sites excluding steroid dienone is 1. The van der Waals surface area contributed by atoms with E-state index in [9.17, 15) is 14.9 Å². The molecular weight excluding hydrogens is 450 g/mol. The molecule has 8 nitrogen and oxygen atoms in total. The number of nitro benzene ring substituents is 1. The summed E-state index contributed by atoms with van der Waals surface area (Å²) in [6.07, 6.45) is 1.61. The van der Waals surface area contributed by atoms with Gasteiger partial charge in [0.15, 0.2) is 12.6 Å². The van der Waals surface area contributed by atoms with E-state index in [0.717, 1.165) is 11.1 Å². The third-order valence-electron chi connectivity index (χ3n) is 5.18. The van der Waals surface area contributed by atoms with Gasteiger partial charge in [-0.15, -0.1) is 0 Å². The Morgan fingerprint density at radius 2 is 1.94 bits per heavy atom. The van der Waals surface area contributed by atoms with Crippen LogP contribution in [-0.4, -0.2) is 17.5 Å². The zero-order valence-electron chi connectivity index (χ0n) is 17.1. The summed E-state index contributed by atoms with van der Waals surface area (Å²) in [5.74, 6) is 1.39. The number of ketones is 1. The summed E-state index contributed by atoms with van der Waals surface area (Å²) in [5.41, 5.74) is 2.64. The van der Waals surface area contributed by atoms with Crippen molar-refractivity contribution < 1.29 is 28.7 Å². The number of carbonyl (C=O) groups is 1. The van der Waals surface area contributed by atoms with Gasteiger partial charge < -0.3 is 18.9 Å². The van der Waals surface area contributed by atoms with E-state index in [1.165, 1.54) is 12.1 Å². The van der Waals surface area contributed by atoms with Gasteiger partial charge in [0.25, 0.3) is 5.69 Å². The molecule has 3 aromatic carbocycles. The smallest absolute Gasteiger partial charge is 0.269 e. The Bertz CT molecular complexity index is 1300. The minimum Gasteiger partial charge on any atom is -0.489 e. The highest BCUT2D eigenvalue weighted by Crippen LogP contribution is 2.38. The number of hydrogen-bond acceptors (Lipinski definition) is 7. The van der Waals surface area contributed by atoms with Crippen LogP contribution in [0.5, 0.6) is 17.2 Å². The lowest BCUT2D eigenvalue weighted by Gasteiger charge is -2.20. The van der Waals surface area contributed by atoms with Gasteiger partial charge in [-0.3, -0.25) is 14.9 Å². The number of fused-ring (bicyclic) bond motifs is 2. The molecular formula is C24H16ClNO7. The minimum atomic E-state index is -0.455. The molecule has 0 amide bonds. The van der Waals surface area contributed by atoms with Gasteiger partial charge >= 0.3 is 0 Å². The highest BCUT2D eigenvalue weighted by molar-refractivity contribution is 6.31. The zero-order chi connectivity index (χ0) is 22.9. The SMILES string of the molecule is O=C1/C(=C/c2cc(Cl)cc3c2OCOC3)Oc2cc(OCc3ccc([N+](=O)[O-])cc3)ccc21. The molecule has 2 aliphatic rings. The molecule has 0 saturated heterocycles. The molecule has 0 unspecified atom stereocenters. The first kappa shape index (κ1) is 21.0. The second-order valence-electron chi connectivity index (χ2n) is 7.40. The Morgan fingerprint density at radius 3 is 2.73 bits per heavy atom. The normalized spacial score (nSPS) is 15.4. The summed E-state index contributed by atoms with van der Waals surface area (Å²) in [4.78, 5) is 23.2. The van der Waals surface area contributed by atoms with Crippen LogP contribution in [0.3, 0.4) is 0 Å². The second kappa shape index (κ2) is 8.57. The molecule has 9 heteroatoms. The molecule has 0 bridgehead atoms. The van der Waals surface area contributed by atoms with Crippen molar-refractivity contribution in [3.63, 3.8) is 0 Å². The number of ether oxygens (including phenoxy) is 4. The summed E-state index contributed by atoms with van der Waals surface area (Å²) in [7, 11) is 0. The van der Waals surface area contributed by atoms with Gasteiger partial charge in [0.2, 0.25) is 5.78 Å². The minimum absolute atomic E-state index is 0.0152. The van der Waals surface area contributed by atoms with E-state index in [1.54, 1.807) is 48.5 Å². The average molecular weight is 466 g/mol. The van der Waals surface area contributed by atoms with Crippen LogP contribution in [0.15, 0.2) is 60.4 Å². The van der Waals surface area contributed by atoms with Gasteiger partial charge in [0.05, 0.1) is 17.1 Å². The van der Waals surface area contributed by atoms with E-state index in [2.05, 4.69) is 0 Å². The topological polar surface area (TPSA) is 97.1 Å². The fourth-order valence-electron chi connectivity index (χ4n) is 3.59. The van der Waals surface area contributed by atoms with E-state index < -0.39 is 4.92 Å². The highest BCUT2D eigenvalue weighted by atomic mass is 35.5. The Morgan fingerprint density at radius 1 is 1.12 bits per heavy atom. The van der Waals surface area contributed by atoms with Gasteiger partial charge in [-0.1, -0.05) is 11.6 Å². The average Bonchev–Trinajstić information content (AvgIpc) is 3.12. The molecule has 33 heavy (non-hydrogen) atoms. The molecule has 0 spiro atoms. The molecule has 3 aromatic rings. The number of nitro groups is 1. The monoisotopic (exact) mass is 465 g/mol. The largest absolute Gasteiger partial charge is 0.489 e. The maximum Gasteiger partial charge on any atom is 0.269 e. The first-order valence-electron chi connectivity index (χ1n) is 9.95. The molecule has 0 atom stereocenters. The summed E-state index contributed by atoms with van der Waals surface area (Å²) >= 11 is 6.21. The van der Waals surface area contributed by atoms with Crippen molar-refractivity contribution in [1.29, 1.82) is 0 Å². The molecule has 166 valence electrons. The Kier molecular flexibility index (Phi) is 5.45. The number of benzene rings is 3. The number of rotatable bonds is 5. The molecule has 0 radical (unpaired) electrons. The van der Waals surface area contributed by atoms with Crippen molar-refractivity contribution in [2.24, 2.45) is 0 Å². The van der Waals surface area contributed by atoms with Crippen molar-refractivity contribution in [3.05, 3.63) is 97.7 Å². The number of hydrogen-bond donors (Lipinski definition) is 0. The van der Waals surface area contributed by atoms with Gasteiger partial charge in [-0.2, -0.15) is 0 Å². The first-order chi connectivity index (χ1) is 16.0. The lowest BCUT2D eigenvalue weighted by molar-refractivity contribution is -0.384. The van der Waals surface area contributed by atoms with Crippen LogP contribution in [-0.2, 0) is 18.0 Å². The van der Waals surface area contributed by atoms with Crippen LogP contribution >= 0.6 is 11.6 Å². The van der Waals surface area contributed by atoms with Crippen LogP contribution in [0, 0.1) is 10.1 Å². The number of halogens is 1. The second-order valence-corrected chi connectivity index (χ2v) is 7.84. The standard InChI is InChI=1S/C24H16ClNO7/c25-17-7-15(24-16(8-17)12-30-13-32-24)9-22-23(27)20-6-5-19(10-21(20)33-22)31-11-14-1-3-18(4-2-14)26(28)29/h1-10H,11-13H2/b22-9-. The Labute approximate surface area is 193 Å². The van der Waals surface area contributed by atoms with Crippen LogP contribution in [0.2, 0.25) is 5.02 Å². The quantitative estimate of drug-likeness (QED) is 0.286. The van der Waals surface area contributed by atoms with Crippen LogP contribution < -0.4 is 14.2 Å². The predicted molar refractivity (Wildman–Crippen MR) is 119 cm³/mol. The van der Waals surface area contributed by atoms with Crippen molar-refractivity contribution >= 4 is 29.1 Å². The lowest BCUT2D eigenvalue weighted by atomic mass is 10.1. The Balaban J connectivity index is 1.34. The van der Waals surface area contributed by atoms with E-state index in [4.69, 9.17) is 30.5 Å². The molecule has 0 aromatic heterocycles. The van der Waals surface area contributed by atoms with Gasteiger partial charge in [-0.25, -0.2) is 0 Å². The molecule has 0 N–H and O–H groups in total. The van der Waals surface area contributed by atoms with Gasteiger partial charge in [0.1, 0.15) is 23.9 Å². The fraction of sp³-hybridized carbons (Fsp3) is 0.125. The molecule has 2 aliphatic heterocycles. The third kappa shape index (κ3) is 4.26. The van der Waals surface area contributed by atoms with Crippen molar-refractivity contribution in [1.82, 2.24) is 0 Å². The molecule has 0 fully saturated rings. The Hall–Kier alpha value is -3.88. The third-order valence-corrected chi connectivity index (χ3v) is 5.40.